The number of rotatable bonds is 6. The van der Waals surface area contributed by atoms with E-state index < -0.39 is 6.17 Å². The summed E-state index contributed by atoms with van der Waals surface area (Å²) in [5, 5.41) is 7.24. The number of aromatic nitrogens is 3. The van der Waals surface area contributed by atoms with Crippen LogP contribution in [0.1, 0.15) is 38.4 Å². The van der Waals surface area contributed by atoms with Crippen LogP contribution >= 0.6 is 11.8 Å². The molecule has 0 bridgehead atoms. The minimum atomic E-state index is -0.701. The highest BCUT2D eigenvalue weighted by Crippen LogP contribution is 2.42. The van der Waals surface area contributed by atoms with E-state index in [1.165, 1.54) is 11.8 Å². The molecule has 0 radical (unpaired) electrons. The second kappa shape index (κ2) is 9.54. The van der Waals surface area contributed by atoms with Crippen LogP contribution in [0.5, 0.6) is 5.75 Å². The molecular formula is C27H27N4O3S+. The van der Waals surface area contributed by atoms with Gasteiger partial charge in [0.2, 0.25) is 11.1 Å². The standard InChI is InChI=1S/C27H26N4O3S/c1-4-5-16-34-22-15-14-18-10-6-7-11-19(18)23(22)26-30(17(2)32)21-13-9-8-12-20(21)24-25(33)28-27(35-3)29-31(24)26/h6-15,26H,4-5,16H2,1-3H3/p+1/t26-/m0/s1. The van der Waals surface area contributed by atoms with Crippen LogP contribution in [0, 0.1) is 0 Å². The number of nitrogens with zero attached hydrogens (tertiary/aromatic N) is 3. The third-order valence-corrected chi connectivity index (χ3v) is 6.81. The zero-order chi connectivity index (χ0) is 24.5. The molecule has 1 amide bonds. The number of carbonyl (C=O) groups is 1. The normalized spacial score (nSPS) is 14.5. The number of fused-ring (bicyclic) bond motifs is 4. The van der Waals surface area contributed by atoms with Crippen molar-refractivity contribution >= 4 is 34.1 Å². The Morgan fingerprint density at radius 3 is 2.69 bits per heavy atom. The fourth-order valence-electron chi connectivity index (χ4n) is 4.66. The number of benzene rings is 3. The number of thioether (sulfide) groups is 1. The molecule has 0 spiro atoms. The summed E-state index contributed by atoms with van der Waals surface area (Å²) in [7, 11) is 0. The number of carbonyl (C=O) groups excluding carboxylic acids is 1. The van der Waals surface area contributed by atoms with Crippen molar-refractivity contribution in [1.82, 2.24) is 10.1 Å². The van der Waals surface area contributed by atoms with Gasteiger partial charge in [0.05, 0.1) is 23.4 Å². The van der Waals surface area contributed by atoms with E-state index in [1.54, 1.807) is 16.5 Å². The molecule has 35 heavy (non-hydrogen) atoms. The molecular weight excluding hydrogens is 460 g/mol. The Morgan fingerprint density at radius 2 is 1.91 bits per heavy atom. The van der Waals surface area contributed by atoms with Gasteiger partial charge in [0.1, 0.15) is 5.75 Å². The van der Waals surface area contributed by atoms with Crippen molar-refractivity contribution in [1.29, 1.82) is 0 Å². The molecule has 2 heterocycles. The fourth-order valence-corrected chi connectivity index (χ4v) is 5.02. The van der Waals surface area contributed by atoms with Crippen molar-refractivity contribution < 1.29 is 14.2 Å². The summed E-state index contributed by atoms with van der Waals surface area (Å²) in [6, 6.07) is 19.5. The Hall–Kier alpha value is -3.65. The number of anilines is 1. The highest BCUT2D eigenvalue weighted by atomic mass is 32.2. The van der Waals surface area contributed by atoms with Crippen LogP contribution in [-0.4, -0.2) is 28.9 Å². The Bertz CT molecular complexity index is 1480. The first-order chi connectivity index (χ1) is 17.0. The first kappa shape index (κ1) is 23.1. The summed E-state index contributed by atoms with van der Waals surface area (Å²) in [5.41, 5.74) is 2.29. The lowest BCUT2D eigenvalue weighted by molar-refractivity contribution is -0.763. The Kier molecular flexibility index (Phi) is 6.30. The number of hydrogen-bond acceptors (Lipinski definition) is 5. The van der Waals surface area contributed by atoms with Gasteiger partial charge in [-0.3, -0.25) is 14.6 Å². The van der Waals surface area contributed by atoms with Crippen molar-refractivity contribution in [2.45, 2.75) is 38.0 Å². The minimum absolute atomic E-state index is 0.152. The maximum Gasteiger partial charge on any atom is 0.325 e. The maximum absolute atomic E-state index is 13.4. The number of aromatic amines is 1. The maximum atomic E-state index is 13.4. The summed E-state index contributed by atoms with van der Waals surface area (Å²) < 4.78 is 7.97. The van der Waals surface area contributed by atoms with Gasteiger partial charge >= 0.3 is 11.3 Å². The summed E-state index contributed by atoms with van der Waals surface area (Å²) in [6.07, 6.45) is 3.07. The number of para-hydroxylation sites is 1. The van der Waals surface area contributed by atoms with Crippen LogP contribution in [0.15, 0.2) is 70.6 Å². The van der Waals surface area contributed by atoms with Gasteiger partial charge < -0.3 is 4.74 Å². The SMILES string of the molecule is CCCCOc1ccc2ccccc2c1[C@H]1N(C(C)=O)c2ccccc2-c2c(=O)[nH]c(SC)n[n+]21. The fraction of sp³-hybridized carbons (Fsp3) is 0.259. The molecule has 1 atom stereocenters. The van der Waals surface area contributed by atoms with E-state index in [0.29, 0.717) is 34.5 Å². The number of hydrogen-bond donors (Lipinski definition) is 1. The van der Waals surface area contributed by atoms with Crippen molar-refractivity contribution in [3.05, 3.63) is 76.6 Å². The van der Waals surface area contributed by atoms with E-state index in [4.69, 9.17) is 9.84 Å². The average molecular weight is 488 g/mol. The van der Waals surface area contributed by atoms with Gasteiger partial charge in [-0.05, 0) is 46.3 Å². The van der Waals surface area contributed by atoms with Crippen LogP contribution in [0.2, 0.25) is 0 Å². The Labute approximate surface area is 207 Å². The van der Waals surface area contributed by atoms with E-state index in [-0.39, 0.29) is 11.5 Å². The molecule has 8 heteroatoms. The molecule has 4 aromatic rings. The largest absolute Gasteiger partial charge is 0.493 e. The highest BCUT2D eigenvalue weighted by Gasteiger charge is 2.46. The Balaban J connectivity index is 1.88. The summed E-state index contributed by atoms with van der Waals surface area (Å²) in [5.74, 6) is 0.528. The molecule has 1 aliphatic heterocycles. The molecule has 1 N–H and O–H groups in total. The molecule has 0 saturated heterocycles. The van der Waals surface area contributed by atoms with E-state index in [1.807, 2.05) is 66.9 Å². The van der Waals surface area contributed by atoms with Crippen molar-refractivity contribution in [3.8, 4) is 17.0 Å². The van der Waals surface area contributed by atoms with Gasteiger partial charge in [0.15, 0.2) is 0 Å². The predicted octanol–water partition coefficient (Wildman–Crippen LogP) is 4.69. The lowest BCUT2D eigenvalue weighted by Crippen LogP contribution is -2.60. The number of ether oxygens (including phenoxy) is 1. The first-order valence-corrected chi connectivity index (χ1v) is 12.9. The van der Waals surface area contributed by atoms with Crippen LogP contribution in [0.3, 0.4) is 0 Å². The number of H-pyrrole nitrogens is 1. The van der Waals surface area contributed by atoms with Crippen LogP contribution in [-0.2, 0) is 4.79 Å². The molecule has 0 fully saturated rings. The average Bonchev–Trinajstić information content (AvgIpc) is 2.87. The monoisotopic (exact) mass is 487 g/mol. The number of nitrogens with one attached hydrogen (secondary N) is 1. The van der Waals surface area contributed by atoms with Crippen molar-refractivity contribution in [2.24, 2.45) is 0 Å². The molecule has 178 valence electrons. The quantitative estimate of drug-likeness (QED) is 0.242. The third-order valence-electron chi connectivity index (χ3n) is 6.24. The van der Waals surface area contributed by atoms with E-state index in [2.05, 4.69) is 11.9 Å². The predicted molar refractivity (Wildman–Crippen MR) is 138 cm³/mol. The topological polar surface area (TPSA) is 79.2 Å². The molecule has 5 rings (SSSR count). The first-order valence-electron chi connectivity index (χ1n) is 11.7. The van der Waals surface area contributed by atoms with Crippen LogP contribution < -0.4 is 19.9 Å². The summed E-state index contributed by atoms with van der Waals surface area (Å²) in [4.78, 5) is 31.2. The summed E-state index contributed by atoms with van der Waals surface area (Å²) in [6.45, 7) is 4.22. The zero-order valence-electron chi connectivity index (χ0n) is 19.9. The number of unbranched alkanes of at least 4 members (excludes halogenated alkanes) is 1. The van der Waals surface area contributed by atoms with Gasteiger partial charge in [-0.1, -0.05) is 67.6 Å². The smallest absolute Gasteiger partial charge is 0.325 e. The second-order valence-electron chi connectivity index (χ2n) is 8.44. The van der Waals surface area contributed by atoms with Crippen LogP contribution in [0.4, 0.5) is 5.69 Å². The molecule has 1 aliphatic rings. The lowest BCUT2D eigenvalue weighted by atomic mass is 9.96. The van der Waals surface area contributed by atoms with Crippen molar-refractivity contribution in [2.75, 3.05) is 17.8 Å². The molecule has 1 aromatic heterocycles. The van der Waals surface area contributed by atoms with Gasteiger partial charge in [0.25, 0.3) is 6.17 Å². The van der Waals surface area contributed by atoms with Crippen LogP contribution in [0.25, 0.3) is 22.0 Å². The minimum Gasteiger partial charge on any atom is -0.493 e. The van der Waals surface area contributed by atoms with Gasteiger partial charge in [-0.25, -0.2) is 4.90 Å². The van der Waals surface area contributed by atoms with Crippen molar-refractivity contribution in [3.63, 3.8) is 0 Å². The molecule has 0 aliphatic carbocycles. The number of amides is 1. The molecule has 7 nitrogen and oxygen atoms in total. The van der Waals surface area contributed by atoms with E-state index in [9.17, 15) is 9.59 Å². The zero-order valence-corrected chi connectivity index (χ0v) is 20.8. The highest BCUT2D eigenvalue weighted by molar-refractivity contribution is 7.98. The second-order valence-corrected chi connectivity index (χ2v) is 9.23. The molecule has 3 aromatic carbocycles. The third kappa shape index (κ3) is 3.97. The van der Waals surface area contributed by atoms with Gasteiger partial charge in [-0.2, -0.15) is 0 Å². The van der Waals surface area contributed by atoms with E-state index in [0.717, 1.165) is 29.2 Å². The summed E-state index contributed by atoms with van der Waals surface area (Å²) >= 11 is 1.35. The van der Waals surface area contributed by atoms with Gasteiger partial charge in [-0.15, -0.1) is 0 Å². The molecule has 0 saturated carbocycles. The Morgan fingerprint density at radius 1 is 1.14 bits per heavy atom. The van der Waals surface area contributed by atoms with Gasteiger partial charge in [0, 0.05) is 12.0 Å². The lowest BCUT2D eigenvalue weighted by Gasteiger charge is -2.32. The molecule has 0 unspecified atom stereocenters. The van der Waals surface area contributed by atoms with E-state index >= 15 is 0 Å².